The number of hydrogen-bond donors (Lipinski definition) is 3. The summed E-state index contributed by atoms with van der Waals surface area (Å²) in [5.41, 5.74) is 2.03. The molecule has 42 heavy (non-hydrogen) atoms. The van der Waals surface area contributed by atoms with Gasteiger partial charge in [-0.3, -0.25) is 14.4 Å². The summed E-state index contributed by atoms with van der Waals surface area (Å²) in [5.74, 6) is -0.630. The van der Waals surface area contributed by atoms with E-state index in [9.17, 15) is 23.6 Å². The minimum atomic E-state index is -1.000. The Morgan fingerprint density at radius 2 is 1.93 bits per heavy atom. The zero-order valence-corrected chi connectivity index (χ0v) is 24.2. The molecule has 224 valence electrons. The lowest BCUT2D eigenvalue weighted by Crippen LogP contribution is -2.44. The number of nitrogens with one attached hydrogen (secondary N) is 3. The van der Waals surface area contributed by atoms with E-state index < -0.39 is 23.6 Å². The van der Waals surface area contributed by atoms with Crippen LogP contribution in [0, 0.1) is 11.7 Å². The maximum Gasteiger partial charge on any atom is 0.407 e. The number of rotatable bonds is 11. The number of methoxy groups -OCH3 is 1. The van der Waals surface area contributed by atoms with Crippen LogP contribution < -0.4 is 16.2 Å². The third-order valence-corrected chi connectivity index (χ3v) is 7.17. The van der Waals surface area contributed by atoms with Crippen LogP contribution in [0.15, 0.2) is 53.5 Å². The van der Waals surface area contributed by atoms with Gasteiger partial charge in [0.2, 0.25) is 11.8 Å². The fourth-order valence-corrected chi connectivity index (χ4v) is 5.14. The Hall–Kier alpha value is -4.41. The summed E-state index contributed by atoms with van der Waals surface area (Å²) < 4.78 is 20.3. The molecular formula is C31H38FN5O5. The number of hydrogen-bond acceptors (Lipinski definition) is 5. The minimum Gasteiger partial charge on any atom is -0.453 e. The predicted molar refractivity (Wildman–Crippen MR) is 159 cm³/mol. The molecule has 0 saturated carbocycles. The van der Waals surface area contributed by atoms with Gasteiger partial charge in [0.25, 0.3) is 5.56 Å². The average Bonchev–Trinajstić information content (AvgIpc) is 3.62. The SMILES string of the molecule is COC(=O)N[C@@H](CC/C=C/C(=O)N1CCCC1)C(=O)Nc1cccn(Cc2cc3cc(F)cc(CC(C)C)c3[nH]2)c1=O. The molecule has 1 fully saturated rings. The molecule has 11 heteroatoms. The fourth-order valence-electron chi connectivity index (χ4n) is 5.14. The highest BCUT2D eigenvalue weighted by atomic mass is 19.1. The molecule has 3 aromatic rings. The van der Waals surface area contributed by atoms with Crippen molar-refractivity contribution in [1.82, 2.24) is 19.8 Å². The number of benzene rings is 1. The first-order chi connectivity index (χ1) is 20.1. The summed E-state index contributed by atoms with van der Waals surface area (Å²) in [6.45, 7) is 5.80. The molecule has 1 aliphatic heterocycles. The third-order valence-electron chi connectivity index (χ3n) is 7.17. The Kier molecular flexibility index (Phi) is 10.2. The van der Waals surface area contributed by atoms with Crippen molar-refractivity contribution in [3.8, 4) is 0 Å². The van der Waals surface area contributed by atoms with E-state index in [4.69, 9.17) is 0 Å². The smallest absolute Gasteiger partial charge is 0.407 e. The van der Waals surface area contributed by atoms with Crippen LogP contribution in [-0.4, -0.2) is 58.6 Å². The second-order valence-corrected chi connectivity index (χ2v) is 11.0. The first-order valence-corrected chi connectivity index (χ1v) is 14.2. The van der Waals surface area contributed by atoms with Gasteiger partial charge in [-0.25, -0.2) is 9.18 Å². The maximum atomic E-state index is 14.2. The average molecular weight is 580 g/mol. The first kappa shape index (κ1) is 30.5. The normalized spacial score (nSPS) is 14.1. The standard InChI is InChI=1S/C31H38FN5O5/c1-20(2)15-21-16-23(32)17-22-18-24(33-28(21)22)19-37-14-8-10-26(30(37)40)34-29(39)25(35-31(41)42-3)9-4-5-11-27(38)36-12-6-7-13-36/h5,8,10-11,14,16-18,20,25,33H,4,6-7,9,12-13,15,19H2,1-3H3,(H,34,39)(H,35,41)/b11-5+/t25-/m0/s1. The number of ether oxygens (including phenoxy) is 1. The van der Waals surface area contributed by atoms with Crippen molar-refractivity contribution in [3.63, 3.8) is 0 Å². The van der Waals surface area contributed by atoms with E-state index in [-0.39, 0.29) is 30.4 Å². The van der Waals surface area contributed by atoms with E-state index in [1.165, 1.54) is 36.0 Å². The number of carbonyl (C=O) groups is 3. The van der Waals surface area contributed by atoms with Crippen LogP contribution in [0.1, 0.15) is 50.8 Å². The zero-order chi connectivity index (χ0) is 30.2. The molecule has 0 bridgehead atoms. The zero-order valence-electron chi connectivity index (χ0n) is 24.2. The highest BCUT2D eigenvalue weighted by molar-refractivity contribution is 5.96. The molecule has 3 heterocycles. The summed E-state index contributed by atoms with van der Waals surface area (Å²) in [6, 6.07) is 6.94. The number of nitrogens with zero attached hydrogens (tertiary/aromatic N) is 2. The molecule has 1 atom stereocenters. The molecule has 0 aliphatic carbocycles. The second-order valence-electron chi connectivity index (χ2n) is 11.0. The van der Waals surface area contributed by atoms with Crippen molar-refractivity contribution in [1.29, 1.82) is 0 Å². The van der Waals surface area contributed by atoms with Crippen LogP contribution >= 0.6 is 0 Å². The van der Waals surface area contributed by atoms with E-state index in [0.717, 1.165) is 42.4 Å². The predicted octanol–water partition coefficient (Wildman–Crippen LogP) is 4.34. The van der Waals surface area contributed by atoms with Gasteiger partial charge < -0.3 is 29.8 Å². The number of alkyl carbamates (subject to hydrolysis) is 1. The highest BCUT2D eigenvalue weighted by Crippen LogP contribution is 2.24. The summed E-state index contributed by atoms with van der Waals surface area (Å²) >= 11 is 0. The van der Waals surface area contributed by atoms with Gasteiger partial charge in [0.15, 0.2) is 0 Å². The Morgan fingerprint density at radius 3 is 2.64 bits per heavy atom. The number of allylic oxidation sites excluding steroid dienone is 1. The molecule has 4 rings (SSSR count). The molecule has 1 aromatic carbocycles. The van der Waals surface area contributed by atoms with Gasteiger partial charge in [-0.15, -0.1) is 0 Å². The van der Waals surface area contributed by atoms with Gasteiger partial charge in [-0.2, -0.15) is 0 Å². The molecule has 1 saturated heterocycles. The molecule has 0 spiro atoms. The number of fused-ring (bicyclic) bond motifs is 1. The fraction of sp³-hybridized carbons (Fsp3) is 0.419. The Bertz CT molecular complexity index is 1520. The van der Waals surface area contributed by atoms with Crippen molar-refractivity contribution in [2.45, 2.75) is 58.5 Å². The van der Waals surface area contributed by atoms with Gasteiger partial charge >= 0.3 is 6.09 Å². The maximum absolute atomic E-state index is 14.2. The van der Waals surface area contributed by atoms with Gasteiger partial charge in [-0.05, 0) is 80.0 Å². The van der Waals surface area contributed by atoms with Crippen LogP contribution in [0.4, 0.5) is 14.9 Å². The Morgan fingerprint density at radius 1 is 1.17 bits per heavy atom. The van der Waals surface area contributed by atoms with Crippen molar-refractivity contribution >= 4 is 34.5 Å². The summed E-state index contributed by atoms with van der Waals surface area (Å²) in [5, 5.41) is 5.85. The molecular weight excluding hydrogens is 541 g/mol. The van der Waals surface area contributed by atoms with Gasteiger partial charge in [0.1, 0.15) is 17.5 Å². The van der Waals surface area contributed by atoms with Crippen LogP contribution in [-0.2, 0) is 27.3 Å². The molecule has 0 radical (unpaired) electrons. The molecule has 2 aromatic heterocycles. The number of amides is 3. The number of carbonyl (C=O) groups excluding carboxylic acids is 3. The van der Waals surface area contributed by atoms with E-state index in [1.807, 2.05) is 6.07 Å². The molecule has 10 nitrogen and oxygen atoms in total. The number of aromatic amines is 1. The van der Waals surface area contributed by atoms with E-state index in [1.54, 1.807) is 23.2 Å². The van der Waals surface area contributed by atoms with E-state index in [2.05, 4.69) is 34.2 Å². The van der Waals surface area contributed by atoms with Crippen LogP contribution in [0.25, 0.3) is 10.9 Å². The number of H-pyrrole nitrogens is 1. The lowest BCUT2D eigenvalue weighted by molar-refractivity contribution is -0.125. The summed E-state index contributed by atoms with van der Waals surface area (Å²) in [4.78, 5) is 55.6. The largest absolute Gasteiger partial charge is 0.453 e. The Balaban J connectivity index is 1.46. The summed E-state index contributed by atoms with van der Waals surface area (Å²) in [6.07, 6.45) is 7.21. The van der Waals surface area contributed by atoms with Gasteiger partial charge in [0, 0.05) is 35.9 Å². The number of pyridine rings is 1. The van der Waals surface area contributed by atoms with Gasteiger partial charge in [0.05, 0.1) is 13.7 Å². The molecule has 3 amide bonds. The molecule has 0 unspecified atom stereocenters. The first-order valence-electron chi connectivity index (χ1n) is 14.2. The van der Waals surface area contributed by atoms with Crippen LogP contribution in [0.2, 0.25) is 0 Å². The molecule has 1 aliphatic rings. The highest BCUT2D eigenvalue weighted by Gasteiger charge is 2.22. The quantitative estimate of drug-likeness (QED) is 0.292. The molecule has 3 N–H and O–H groups in total. The lowest BCUT2D eigenvalue weighted by Gasteiger charge is -2.17. The van der Waals surface area contributed by atoms with Crippen LogP contribution in [0.5, 0.6) is 0 Å². The van der Waals surface area contributed by atoms with Crippen LogP contribution in [0.3, 0.4) is 0 Å². The monoisotopic (exact) mass is 579 g/mol. The Labute approximate surface area is 243 Å². The number of likely N-dealkylation sites (tertiary alicyclic amines) is 1. The third kappa shape index (κ3) is 7.86. The van der Waals surface area contributed by atoms with Crippen molar-refractivity contribution in [2.24, 2.45) is 5.92 Å². The van der Waals surface area contributed by atoms with Gasteiger partial charge in [-0.1, -0.05) is 19.9 Å². The number of halogens is 1. The second kappa shape index (κ2) is 14.0. The minimum absolute atomic E-state index is 0.0431. The van der Waals surface area contributed by atoms with E-state index >= 15 is 0 Å². The van der Waals surface area contributed by atoms with Crippen molar-refractivity contribution < 1.29 is 23.5 Å². The number of anilines is 1. The lowest BCUT2D eigenvalue weighted by atomic mass is 10.0. The van der Waals surface area contributed by atoms with Crippen molar-refractivity contribution in [2.75, 3.05) is 25.5 Å². The number of aromatic nitrogens is 2. The van der Waals surface area contributed by atoms with Crippen molar-refractivity contribution in [3.05, 3.63) is 76.1 Å². The summed E-state index contributed by atoms with van der Waals surface area (Å²) in [7, 11) is 1.19. The topological polar surface area (TPSA) is 126 Å². The van der Waals surface area contributed by atoms with E-state index in [0.29, 0.717) is 24.5 Å².